The zero-order valence-corrected chi connectivity index (χ0v) is 12.2. The van der Waals surface area contributed by atoms with Crippen LogP contribution < -0.4 is 0 Å². The molecule has 0 N–H and O–H groups in total. The third-order valence-electron chi connectivity index (χ3n) is 1.59. The summed E-state index contributed by atoms with van der Waals surface area (Å²) in [7, 11) is 0. The lowest BCUT2D eigenvalue weighted by molar-refractivity contribution is 0.576. The second-order valence-electron chi connectivity index (χ2n) is 2.54. The fourth-order valence-electron chi connectivity index (χ4n) is 0.949. The number of hydrogen-bond acceptors (Lipinski definition) is 3. The molecule has 0 bridgehead atoms. The van der Waals surface area contributed by atoms with E-state index in [1.807, 2.05) is 22.6 Å². The number of halogens is 4. The molecule has 0 saturated carbocycles. The van der Waals surface area contributed by atoms with E-state index >= 15 is 0 Å². The third kappa shape index (κ3) is 2.30. The van der Waals surface area contributed by atoms with Gasteiger partial charge in [-0.15, -0.1) is 0 Å². The predicted octanol–water partition coefficient (Wildman–Crippen LogP) is 4.41. The summed E-state index contributed by atoms with van der Waals surface area (Å²) in [5.74, 6) is 0.873. The number of aromatic nitrogens is 2. The Hall–Kier alpha value is 0.150. The van der Waals surface area contributed by atoms with Gasteiger partial charge in [0.15, 0.2) is 11.6 Å². The Kier molecular flexibility index (Phi) is 3.54. The van der Waals surface area contributed by atoms with Crippen molar-refractivity contribution in [3.05, 3.63) is 30.7 Å². The molecule has 0 atom stereocenters. The van der Waals surface area contributed by atoms with E-state index in [1.54, 1.807) is 6.07 Å². The first kappa shape index (κ1) is 11.6. The van der Waals surface area contributed by atoms with Crippen LogP contribution >= 0.6 is 61.7 Å². The summed E-state index contributed by atoms with van der Waals surface area (Å²) in [5, 5.41) is 0.628. The van der Waals surface area contributed by atoms with Crippen LogP contribution in [0.2, 0.25) is 10.3 Å². The van der Waals surface area contributed by atoms with Crippen LogP contribution in [0, 0.1) is 3.57 Å². The van der Waals surface area contributed by atoms with Crippen molar-refractivity contribution in [2.24, 2.45) is 0 Å². The maximum absolute atomic E-state index is 5.89. The van der Waals surface area contributed by atoms with Crippen LogP contribution in [0.25, 0.3) is 11.6 Å². The Morgan fingerprint density at radius 2 is 1.87 bits per heavy atom. The van der Waals surface area contributed by atoms with E-state index in [9.17, 15) is 0 Å². The summed E-state index contributed by atoms with van der Waals surface area (Å²) in [5.41, 5.74) is 0. The molecule has 78 valence electrons. The number of furan rings is 1. The van der Waals surface area contributed by atoms with Crippen LogP contribution in [-0.2, 0) is 0 Å². The monoisotopic (exact) mass is 418 g/mol. The van der Waals surface area contributed by atoms with Crippen LogP contribution in [-0.4, -0.2) is 9.97 Å². The molecule has 0 spiro atoms. The minimum absolute atomic E-state index is 0.314. The summed E-state index contributed by atoms with van der Waals surface area (Å²) >= 11 is 17.1. The summed E-state index contributed by atoms with van der Waals surface area (Å²) < 4.78 is 6.60. The average Bonchev–Trinajstić information content (AvgIpc) is 2.60. The molecule has 0 fully saturated rings. The molecule has 0 aliphatic rings. The van der Waals surface area contributed by atoms with E-state index in [0.29, 0.717) is 25.5 Å². The van der Waals surface area contributed by atoms with Crippen molar-refractivity contribution >= 4 is 61.7 Å². The molecular formula is C8H2BrCl2IN2O. The molecule has 0 unspecified atom stereocenters. The van der Waals surface area contributed by atoms with Crippen molar-refractivity contribution in [3.63, 3.8) is 0 Å². The van der Waals surface area contributed by atoms with Gasteiger partial charge >= 0.3 is 0 Å². The Labute approximate surface area is 117 Å². The minimum atomic E-state index is 0.314. The molecule has 2 aromatic rings. The zero-order chi connectivity index (χ0) is 11.0. The highest BCUT2D eigenvalue weighted by atomic mass is 127. The first-order valence-electron chi connectivity index (χ1n) is 3.71. The molecule has 0 aliphatic heterocycles. The molecule has 0 radical (unpaired) electrons. The topological polar surface area (TPSA) is 38.9 Å². The molecular weight excluding hydrogens is 418 g/mol. The van der Waals surface area contributed by atoms with Gasteiger partial charge in [-0.1, -0.05) is 23.2 Å². The van der Waals surface area contributed by atoms with Crippen molar-refractivity contribution in [3.8, 4) is 11.6 Å². The van der Waals surface area contributed by atoms with E-state index in [-0.39, 0.29) is 0 Å². The lowest BCUT2D eigenvalue weighted by atomic mass is 10.4. The highest BCUT2D eigenvalue weighted by Crippen LogP contribution is 2.30. The van der Waals surface area contributed by atoms with Crippen molar-refractivity contribution in [2.45, 2.75) is 0 Å². The van der Waals surface area contributed by atoms with Crippen molar-refractivity contribution in [1.29, 1.82) is 0 Å². The molecule has 0 amide bonds. The Bertz CT molecular complexity index is 494. The maximum atomic E-state index is 5.89. The van der Waals surface area contributed by atoms with Gasteiger partial charge in [-0.3, -0.25) is 0 Å². The summed E-state index contributed by atoms with van der Waals surface area (Å²) in [6.07, 6.45) is 1.53. The predicted molar refractivity (Wildman–Crippen MR) is 70.2 cm³/mol. The normalized spacial score (nSPS) is 10.7. The second kappa shape index (κ2) is 4.57. The van der Waals surface area contributed by atoms with Gasteiger partial charge in [-0.25, -0.2) is 9.97 Å². The third-order valence-corrected chi connectivity index (χ3v) is 4.42. The van der Waals surface area contributed by atoms with Crippen molar-refractivity contribution in [2.75, 3.05) is 0 Å². The van der Waals surface area contributed by atoms with Crippen LogP contribution in [0.4, 0.5) is 0 Å². The van der Waals surface area contributed by atoms with Gasteiger partial charge in [-0.2, -0.15) is 0 Å². The lowest BCUT2D eigenvalue weighted by Crippen LogP contribution is -1.93. The molecule has 0 aromatic carbocycles. The summed E-state index contributed by atoms with van der Waals surface area (Å²) in [4.78, 5) is 8.15. The van der Waals surface area contributed by atoms with E-state index < -0.39 is 0 Å². The quantitative estimate of drug-likeness (QED) is 0.507. The summed E-state index contributed by atoms with van der Waals surface area (Å²) in [6.45, 7) is 0. The van der Waals surface area contributed by atoms with E-state index in [2.05, 4.69) is 25.9 Å². The van der Waals surface area contributed by atoms with E-state index in [0.717, 1.165) is 4.47 Å². The molecule has 3 nitrogen and oxygen atoms in total. The van der Waals surface area contributed by atoms with E-state index in [1.165, 1.54) is 6.26 Å². The summed E-state index contributed by atoms with van der Waals surface area (Å²) in [6, 6.07) is 1.75. The van der Waals surface area contributed by atoms with Gasteiger partial charge in [0.2, 0.25) is 0 Å². The molecule has 2 heterocycles. The van der Waals surface area contributed by atoms with Crippen LogP contribution in [0.5, 0.6) is 0 Å². The van der Waals surface area contributed by atoms with Crippen LogP contribution in [0.15, 0.2) is 21.2 Å². The first-order valence-corrected chi connectivity index (χ1v) is 6.34. The van der Waals surface area contributed by atoms with Crippen LogP contribution in [0.1, 0.15) is 0 Å². The fraction of sp³-hybridized carbons (Fsp3) is 0. The molecule has 0 saturated heterocycles. The van der Waals surface area contributed by atoms with Gasteiger partial charge in [-0.05, 0) is 44.6 Å². The lowest BCUT2D eigenvalue weighted by Gasteiger charge is -2.01. The first-order chi connectivity index (χ1) is 7.09. The average molecular weight is 420 g/mol. The minimum Gasteiger partial charge on any atom is -0.460 e. The van der Waals surface area contributed by atoms with Crippen molar-refractivity contribution in [1.82, 2.24) is 9.97 Å². The number of rotatable bonds is 1. The Morgan fingerprint density at radius 3 is 2.33 bits per heavy atom. The Morgan fingerprint density at radius 1 is 1.27 bits per heavy atom. The maximum Gasteiger partial charge on any atom is 0.199 e. The van der Waals surface area contributed by atoms with Gasteiger partial charge in [0.05, 0.1) is 14.3 Å². The molecule has 7 heteroatoms. The van der Waals surface area contributed by atoms with Crippen LogP contribution in [0.3, 0.4) is 0 Å². The second-order valence-corrected chi connectivity index (χ2v) is 5.19. The molecule has 2 rings (SSSR count). The van der Waals surface area contributed by atoms with Gasteiger partial charge in [0.25, 0.3) is 0 Å². The largest absolute Gasteiger partial charge is 0.460 e. The highest BCUT2D eigenvalue weighted by molar-refractivity contribution is 14.1. The van der Waals surface area contributed by atoms with Crippen molar-refractivity contribution < 1.29 is 4.42 Å². The van der Waals surface area contributed by atoms with Gasteiger partial charge in [0, 0.05) is 0 Å². The smallest absolute Gasteiger partial charge is 0.199 e. The standard InChI is InChI=1S/C8H2BrCl2IN2O/c9-3-1-2-15-5(3)8-13-6(10)4(12)7(11)14-8/h1-2H. The zero-order valence-electron chi connectivity index (χ0n) is 6.97. The molecule has 2 aromatic heterocycles. The van der Waals surface area contributed by atoms with Gasteiger partial charge < -0.3 is 4.42 Å². The Balaban J connectivity index is 2.60. The fourth-order valence-corrected chi connectivity index (χ4v) is 1.96. The van der Waals surface area contributed by atoms with Gasteiger partial charge in [0.1, 0.15) is 10.3 Å². The molecule has 0 aliphatic carbocycles. The number of nitrogens with zero attached hydrogens (tertiary/aromatic N) is 2. The highest BCUT2D eigenvalue weighted by Gasteiger charge is 2.14. The van der Waals surface area contributed by atoms with E-state index in [4.69, 9.17) is 27.6 Å². The number of hydrogen-bond donors (Lipinski definition) is 0. The molecule has 15 heavy (non-hydrogen) atoms. The SMILES string of the molecule is Clc1nc(-c2occc2Br)nc(Cl)c1I.